The number of aromatic nitrogens is 4. The average molecular weight is 813 g/mol. The van der Waals surface area contributed by atoms with Crippen LogP contribution < -0.4 is 10.6 Å². The molecule has 0 aliphatic carbocycles. The van der Waals surface area contributed by atoms with Crippen LogP contribution in [0.4, 0.5) is 0 Å². The third kappa shape index (κ3) is 7.60. The number of piperazine rings is 1. The Morgan fingerprint density at radius 2 is 0.790 bits per heavy atom. The summed E-state index contributed by atoms with van der Waals surface area (Å²) in [5.41, 5.74) is 16.0. The number of nitrogens with zero attached hydrogens (tertiary/aromatic N) is 6. The SMILES string of the molecule is c1ccc2c(c1)cc1c(-c3ccc(CNCCCN4CCN(CCCNCc5ccc(-c6nc7ccccc7n7c6cc6ccccc67)cc5)CC4)cc3)nc3ccccc3n12. The van der Waals surface area contributed by atoms with Gasteiger partial charge in [0.2, 0.25) is 0 Å². The standard InChI is InChI=1S/C54H52N8/c1-5-15-47-43(11-1)35-51-53(57-45-13-3-7-17-49(45)61(47)51)41-23-19-39(20-24-41)37-55-27-9-29-59-31-33-60(34-32-59)30-10-28-56-38-40-21-25-42(26-22-40)54-52-36-44-12-2-6-16-48(44)62(52)50-18-8-4-14-46(50)58-54/h1-8,11-26,35-36,55-56H,9-10,27-34,37-38H2. The molecule has 1 fully saturated rings. The van der Waals surface area contributed by atoms with E-state index >= 15 is 0 Å². The van der Waals surface area contributed by atoms with Gasteiger partial charge in [-0.1, -0.05) is 109 Å². The minimum Gasteiger partial charge on any atom is -0.313 e. The number of hydrogen-bond donors (Lipinski definition) is 2. The molecule has 6 aromatic carbocycles. The first-order chi connectivity index (χ1) is 30.7. The highest BCUT2D eigenvalue weighted by Gasteiger charge is 2.18. The zero-order valence-corrected chi connectivity index (χ0v) is 35.2. The van der Waals surface area contributed by atoms with Gasteiger partial charge < -0.3 is 29.2 Å². The second-order valence-electron chi connectivity index (χ2n) is 16.9. The largest absolute Gasteiger partial charge is 0.313 e. The number of para-hydroxylation sites is 6. The molecule has 4 aromatic heterocycles. The molecule has 1 aliphatic heterocycles. The van der Waals surface area contributed by atoms with Crippen LogP contribution in [0.3, 0.4) is 0 Å². The van der Waals surface area contributed by atoms with Crippen LogP contribution in [-0.4, -0.2) is 80.9 Å². The molecule has 8 heteroatoms. The van der Waals surface area contributed by atoms with E-state index in [0.717, 1.165) is 134 Å². The summed E-state index contributed by atoms with van der Waals surface area (Å²) in [6, 6.07) is 56.5. The Morgan fingerprint density at radius 1 is 0.403 bits per heavy atom. The van der Waals surface area contributed by atoms with Gasteiger partial charge in [-0.05, 0) is 98.7 Å². The van der Waals surface area contributed by atoms with Crippen molar-refractivity contribution in [2.24, 2.45) is 0 Å². The highest BCUT2D eigenvalue weighted by atomic mass is 15.3. The van der Waals surface area contributed by atoms with Gasteiger partial charge in [-0.2, -0.15) is 0 Å². The van der Waals surface area contributed by atoms with Crippen LogP contribution >= 0.6 is 0 Å². The molecular weight excluding hydrogens is 761 g/mol. The van der Waals surface area contributed by atoms with Gasteiger partial charge in [0.15, 0.2) is 0 Å². The van der Waals surface area contributed by atoms with Crippen molar-refractivity contribution in [3.8, 4) is 22.5 Å². The van der Waals surface area contributed by atoms with Crippen LogP contribution in [0.5, 0.6) is 0 Å². The summed E-state index contributed by atoms with van der Waals surface area (Å²) < 4.78 is 4.71. The molecule has 0 saturated carbocycles. The van der Waals surface area contributed by atoms with Crippen molar-refractivity contribution in [3.05, 3.63) is 169 Å². The molecule has 62 heavy (non-hydrogen) atoms. The molecule has 11 rings (SSSR count). The summed E-state index contributed by atoms with van der Waals surface area (Å²) in [7, 11) is 0. The fourth-order valence-electron chi connectivity index (χ4n) is 9.57. The van der Waals surface area contributed by atoms with E-state index < -0.39 is 0 Å². The zero-order valence-electron chi connectivity index (χ0n) is 35.2. The molecule has 10 aromatic rings. The second kappa shape index (κ2) is 17.2. The summed E-state index contributed by atoms with van der Waals surface area (Å²) in [5.74, 6) is 0. The lowest BCUT2D eigenvalue weighted by molar-refractivity contribution is 0.130. The lowest BCUT2D eigenvalue weighted by atomic mass is 10.1. The molecule has 1 aliphatic rings. The average Bonchev–Trinajstić information content (AvgIpc) is 3.92. The molecule has 5 heterocycles. The zero-order chi connectivity index (χ0) is 41.2. The third-order valence-electron chi connectivity index (χ3n) is 12.9. The van der Waals surface area contributed by atoms with E-state index in [1.165, 1.54) is 32.9 Å². The third-order valence-corrected chi connectivity index (χ3v) is 12.9. The normalized spacial score (nSPS) is 14.1. The molecule has 2 N–H and O–H groups in total. The van der Waals surface area contributed by atoms with Gasteiger partial charge in [0.05, 0.1) is 55.5 Å². The van der Waals surface area contributed by atoms with E-state index in [4.69, 9.17) is 9.97 Å². The van der Waals surface area contributed by atoms with Crippen molar-refractivity contribution in [1.29, 1.82) is 0 Å². The van der Waals surface area contributed by atoms with Crippen molar-refractivity contribution in [3.63, 3.8) is 0 Å². The minimum absolute atomic E-state index is 0.876. The van der Waals surface area contributed by atoms with E-state index in [2.05, 4.69) is 187 Å². The number of hydrogen-bond acceptors (Lipinski definition) is 6. The van der Waals surface area contributed by atoms with Gasteiger partial charge in [0.25, 0.3) is 0 Å². The van der Waals surface area contributed by atoms with Crippen molar-refractivity contribution in [2.75, 3.05) is 52.4 Å². The summed E-state index contributed by atoms with van der Waals surface area (Å²) >= 11 is 0. The van der Waals surface area contributed by atoms with Crippen LogP contribution in [0.2, 0.25) is 0 Å². The van der Waals surface area contributed by atoms with Gasteiger partial charge in [-0.3, -0.25) is 0 Å². The highest BCUT2D eigenvalue weighted by Crippen LogP contribution is 2.34. The molecule has 308 valence electrons. The molecule has 0 spiro atoms. The Balaban J connectivity index is 0.604. The number of nitrogens with one attached hydrogen (secondary N) is 2. The van der Waals surface area contributed by atoms with Crippen molar-refractivity contribution >= 4 is 54.9 Å². The van der Waals surface area contributed by atoms with E-state index in [9.17, 15) is 0 Å². The summed E-state index contributed by atoms with van der Waals surface area (Å²) in [4.78, 5) is 15.6. The first-order valence-corrected chi connectivity index (χ1v) is 22.4. The summed E-state index contributed by atoms with van der Waals surface area (Å²) in [6.45, 7) is 10.7. The molecule has 0 atom stereocenters. The molecule has 1 saturated heterocycles. The quantitative estimate of drug-likeness (QED) is 0.107. The van der Waals surface area contributed by atoms with Gasteiger partial charge in [0, 0.05) is 61.2 Å². The first kappa shape index (κ1) is 38.5. The van der Waals surface area contributed by atoms with Gasteiger partial charge >= 0.3 is 0 Å². The fourth-order valence-corrected chi connectivity index (χ4v) is 9.57. The smallest absolute Gasteiger partial charge is 0.0950 e. The van der Waals surface area contributed by atoms with Gasteiger partial charge in [0.1, 0.15) is 0 Å². The maximum Gasteiger partial charge on any atom is 0.0950 e. The predicted molar refractivity (Wildman–Crippen MR) is 257 cm³/mol. The lowest BCUT2D eigenvalue weighted by Gasteiger charge is -2.34. The number of rotatable bonds is 14. The maximum atomic E-state index is 5.14. The van der Waals surface area contributed by atoms with Crippen molar-refractivity contribution in [1.82, 2.24) is 39.2 Å². The monoisotopic (exact) mass is 812 g/mol. The van der Waals surface area contributed by atoms with E-state index in [0.29, 0.717) is 0 Å². The molecule has 0 unspecified atom stereocenters. The second-order valence-corrected chi connectivity index (χ2v) is 16.9. The van der Waals surface area contributed by atoms with Crippen LogP contribution in [0.15, 0.2) is 158 Å². The minimum atomic E-state index is 0.876. The van der Waals surface area contributed by atoms with E-state index in [1.807, 2.05) is 0 Å². The number of fused-ring (bicyclic) bond motifs is 10. The van der Waals surface area contributed by atoms with Crippen LogP contribution in [0.25, 0.3) is 77.4 Å². The Bertz CT molecular complexity index is 2940. The topological polar surface area (TPSA) is 65.1 Å². The summed E-state index contributed by atoms with van der Waals surface area (Å²) in [6.07, 6.45) is 2.33. The van der Waals surface area contributed by atoms with Crippen LogP contribution in [0, 0.1) is 0 Å². The maximum absolute atomic E-state index is 5.14. The first-order valence-electron chi connectivity index (χ1n) is 22.4. The summed E-state index contributed by atoms with van der Waals surface area (Å²) in [5, 5.41) is 9.85. The van der Waals surface area contributed by atoms with E-state index in [-0.39, 0.29) is 0 Å². The Labute approximate surface area is 362 Å². The van der Waals surface area contributed by atoms with Crippen molar-refractivity contribution in [2.45, 2.75) is 25.9 Å². The molecule has 0 bridgehead atoms. The predicted octanol–water partition coefficient (Wildman–Crippen LogP) is 10.2. The Kier molecular flexibility index (Phi) is 10.7. The number of benzene rings is 6. The lowest BCUT2D eigenvalue weighted by Crippen LogP contribution is -2.47. The molecule has 8 nitrogen and oxygen atoms in total. The van der Waals surface area contributed by atoms with Gasteiger partial charge in [-0.15, -0.1) is 0 Å². The van der Waals surface area contributed by atoms with Crippen molar-refractivity contribution < 1.29 is 0 Å². The molecular formula is C54H52N8. The van der Waals surface area contributed by atoms with Crippen LogP contribution in [0.1, 0.15) is 24.0 Å². The van der Waals surface area contributed by atoms with E-state index in [1.54, 1.807) is 0 Å². The highest BCUT2D eigenvalue weighted by molar-refractivity contribution is 6.00. The molecule has 0 radical (unpaired) electrons. The Morgan fingerprint density at radius 3 is 1.23 bits per heavy atom. The van der Waals surface area contributed by atoms with Gasteiger partial charge in [-0.25, -0.2) is 9.97 Å². The Hall–Kier alpha value is -6.42. The fraction of sp³-hybridized carbons (Fsp3) is 0.222. The van der Waals surface area contributed by atoms with Crippen LogP contribution in [-0.2, 0) is 13.1 Å². The molecule has 0 amide bonds.